The number of methoxy groups -OCH3 is 2. The van der Waals surface area contributed by atoms with Gasteiger partial charge < -0.3 is 14.8 Å². The number of halogens is 1. The monoisotopic (exact) mass is 643 g/mol. The summed E-state index contributed by atoms with van der Waals surface area (Å²) in [5, 5.41) is 3.12. The predicted molar refractivity (Wildman–Crippen MR) is 167 cm³/mol. The van der Waals surface area contributed by atoms with Crippen molar-refractivity contribution in [2.45, 2.75) is 23.6 Å². The molecule has 0 aliphatic heterocycles. The molecular formula is C30H30ClN3O7S2. The van der Waals surface area contributed by atoms with E-state index in [1.54, 1.807) is 24.3 Å². The fourth-order valence-electron chi connectivity index (χ4n) is 4.29. The van der Waals surface area contributed by atoms with E-state index >= 15 is 0 Å². The highest BCUT2D eigenvalue weighted by Crippen LogP contribution is 2.33. The van der Waals surface area contributed by atoms with Crippen molar-refractivity contribution in [1.29, 1.82) is 0 Å². The molecule has 10 nitrogen and oxygen atoms in total. The minimum absolute atomic E-state index is 0.0339. The lowest BCUT2D eigenvalue weighted by Gasteiger charge is -2.25. The van der Waals surface area contributed by atoms with E-state index in [2.05, 4.69) is 10.0 Å². The number of amides is 1. The second-order valence-electron chi connectivity index (χ2n) is 9.56. The number of nitrogens with zero attached hydrogens (tertiary/aromatic N) is 1. The van der Waals surface area contributed by atoms with E-state index in [9.17, 15) is 21.6 Å². The summed E-state index contributed by atoms with van der Waals surface area (Å²) in [5.41, 5.74) is 2.54. The van der Waals surface area contributed by atoms with E-state index < -0.39 is 32.5 Å². The molecule has 13 heteroatoms. The first-order valence-corrected chi connectivity index (χ1v) is 16.1. The standard InChI is InChI=1S/C30H30ClN3O7S2/c1-20-15-21(2)17-25(16-20)34(43(38,39)27-13-14-28(40-3)29(18-27)41-4)19-30(35)32-23-9-11-26(12-10-23)42(36,37)33-24-7-5-22(31)6-8-24/h5-18,33H,19H2,1-4H3,(H,32,35). The van der Waals surface area contributed by atoms with Crippen molar-refractivity contribution in [3.8, 4) is 11.5 Å². The maximum Gasteiger partial charge on any atom is 0.264 e. The lowest BCUT2D eigenvalue weighted by molar-refractivity contribution is -0.114. The van der Waals surface area contributed by atoms with Crippen LogP contribution in [0, 0.1) is 13.8 Å². The Hall–Kier alpha value is -4.26. The van der Waals surface area contributed by atoms with Gasteiger partial charge in [-0.15, -0.1) is 0 Å². The molecular weight excluding hydrogens is 614 g/mol. The zero-order valence-corrected chi connectivity index (χ0v) is 26.2. The maximum absolute atomic E-state index is 13.9. The number of hydrogen-bond donors (Lipinski definition) is 2. The van der Waals surface area contributed by atoms with Crippen LogP contribution in [0.15, 0.2) is 94.7 Å². The number of nitrogens with one attached hydrogen (secondary N) is 2. The molecule has 0 atom stereocenters. The highest BCUT2D eigenvalue weighted by Gasteiger charge is 2.29. The highest BCUT2D eigenvalue weighted by molar-refractivity contribution is 7.93. The molecule has 0 unspecified atom stereocenters. The first kappa shape index (κ1) is 31.7. The molecule has 0 radical (unpaired) electrons. The van der Waals surface area contributed by atoms with Crippen LogP contribution >= 0.6 is 11.6 Å². The summed E-state index contributed by atoms with van der Waals surface area (Å²) in [7, 11) is -5.32. The quantitative estimate of drug-likeness (QED) is 0.217. The van der Waals surface area contributed by atoms with Crippen molar-refractivity contribution in [3.63, 3.8) is 0 Å². The summed E-state index contributed by atoms with van der Waals surface area (Å²) in [5.74, 6) is -0.0712. The molecule has 0 fully saturated rings. The third-order valence-corrected chi connectivity index (χ3v) is 9.69. The number of benzene rings is 4. The Morgan fingerprint density at radius 1 is 0.744 bits per heavy atom. The van der Waals surface area contributed by atoms with Crippen LogP contribution in [0.4, 0.5) is 17.1 Å². The van der Waals surface area contributed by atoms with E-state index in [1.165, 1.54) is 68.8 Å². The van der Waals surface area contributed by atoms with Crippen molar-refractivity contribution < 1.29 is 31.1 Å². The largest absolute Gasteiger partial charge is 0.493 e. The average molecular weight is 644 g/mol. The zero-order valence-electron chi connectivity index (χ0n) is 23.8. The van der Waals surface area contributed by atoms with Gasteiger partial charge in [-0.3, -0.25) is 13.8 Å². The molecule has 0 aliphatic rings. The summed E-state index contributed by atoms with van der Waals surface area (Å²) in [6.45, 7) is 3.10. The van der Waals surface area contributed by atoms with Crippen molar-refractivity contribution in [3.05, 3.63) is 101 Å². The van der Waals surface area contributed by atoms with Crippen LogP contribution in [-0.4, -0.2) is 43.5 Å². The molecule has 4 rings (SSSR count). The Balaban J connectivity index is 1.58. The van der Waals surface area contributed by atoms with Crippen LogP contribution in [-0.2, 0) is 24.8 Å². The molecule has 226 valence electrons. The number of carbonyl (C=O) groups excluding carboxylic acids is 1. The fourth-order valence-corrected chi connectivity index (χ4v) is 6.90. The molecule has 4 aromatic carbocycles. The molecule has 0 aromatic heterocycles. The van der Waals surface area contributed by atoms with Crippen LogP contribution in [0.1, 0.15) is 11.1 Å². The van der Waals surface area contributed by atoms with Gasteiger partial charge in [0.05, 0.1) is 29.7 Å². The van der Waals surface area contributed by atoms with Gasteiger partial charge in [-0.1, -0.05) is 17.7 Å². The highest BCUT2D eigenvalue weighted by atomic mass is 35.5. The van der Waals surface area contributed by atoms with Crippen molar-refractivity contribution in [1.82, 2.24) is 0 Å². The lowest BCUT2D eigenvalue weighted by Crippen LogP contribution is -2.38. The molecule has 4 aromatic rings. The number of sulfonamides is 2. The van der Waals surface area contributed by atoms with E-state index in [-0.39, 0.29) is 21.2 Å². The number of hydrogen-bond acceptors (Lipinski definition) is 7. The van der Waals surface area contributed by atoms with Gasteiger partial charge in [-0.2, -0.15) is 0 Å². The van der Waals surface area contributed by atoms with Crippen LogP contribution in [0.2, 0.25) is 5.02 Å². The Bertz CT molecular complexity index is 1830. The second-order valence-corrected chi connectivity index (χ2v) is 13.5. The minimum atomic E-state index is -4.25. The molecule has 0 bridgehead atoms. The molecule has 1 amide bonds. The van der Waals surface area contributed by atoms with E-state index in [1.807, 2.05) is 19.9 Å². The zero-order chi connectivity index (χ0) is 31.4. The van der Waals surface area contributed by atoms with Gasteiger partial charge in [0.1, 0.15) is 6.54 Å². The molecule has 0 aliphatic carbocycles. The summed E-state index contributed by atoms with van der Waals surface area (Å²) in [6.07, 6.45) is 0. The van der Waals surface area contributed by atoms with Gasteiger partial charge in [-0.25, -0.2) is 16.8 Å². The molecule has 43 heavy (non-hydrogen) atoms. The van der Waals surface area contributed by atoms with Crippen molar-refractivity contribution in [2.75, 3.05) is 35.1 Å². The number of aryl methyl sites for hydroxylation is 2. The summed E-state index contributed by atoms with van der Waals surface area (Å²) < 4.78 is 67.4. The van der Waals surface area contributed by atoms with E-state index in [0.717, 1.165) is 15.4 Å². The number of rotatable bonds is 11. The van der Waals surface area contributed by atoms with E-state index in [4.69, 9.17) is 21.1 Å². The normalized spacial score (nSPS) is 11.5. The Morgan fingerprint density at radius 3 is 1.88 bits per heavy atom. The molecule has 0 heterocycles. The van der Waals surface area contributed by atoms with Gasteiger partial charge >= 0.3 is 0 Å². The minimum Gasteiger partial charge on any atom is -0.493 e. The van der Waals surface area contributed by atoms with E-state index in [0.29, 0.717) is 22.1 Å². The van der Waals surface area contributed by atoms with Gasteiger partial charge in [0.25, 0.3) is 20.0 Å². The summed E-state index contributed by atoms with van der Waals surface area (Å²) in [6, 6.07) is 21.1. The van der Waals surface area contributed by atoms with Crippen LogP contribution in [0.3, 0.4) is 0 Å². The SMILES string of the molecule is COc1ccc(S(=O)(=O)N(CC(=O)Nc2ccc(S(=O)(=O)Nc3ccc(Cl)cc3)cc2)c2cc(C)cc(C)c2)cc1OC. The third-order valence-electron chi connectivity index (χ3n) is 6.27. The average Bonchev–Trinajstić information content (AvgIpc) is 2.96. The Morgan fingerprint density at radius 2 is 1.30 bits per heavy atom. The molecule has 2 N–H and O–H groups in total. The molecule has 0 spiro atoms. The van der Waals surface area contributed by atoms with Crippen molar-refractivity contribution >= 4 is 54.6 Å². The number of anilines is 3. The van der Waals surface area contributed by atoms with Crippen LogP contribution in [0.5, 0.6) is 11.5 Å². The second kappa shape index (κ2) is 12.9. The molecule has 0 saturated carbocycles. The Kier molecular flexibility index (Phi) is 9.53. The summed E-state index contributed by atoms with van der Waals surface area (Å²) >= 11 is 5.86. The number of carbonyl (C=O) groups is 1. The topological polar surface area (TPSA) is 131 Å². The lowest BCUT2D eigenvalue weighted by atomic mass is 10.1. The van der Waals surface area contributed by atoms with Crippen LogP contribution in [0.25, 0.3) is 0 Å². The van der Waals surface area contributed by atoms with Gasteiger partial charge in [-0.05, 0) is 97.8 Å². The predicted octanol–water partition coefficient (Wildman–Crippen LogP) is 5.61. The maximum atomic E-state index is 13.9. The number of ether oxygens (including phenoxy) is 2. The molecule has 0 saturated heterocycles. The fraction of sp³-hybridized carbons (Fsp3) is 0.167. The van der Waals surface area contributed by atoms with Gasteiger partial charge in [0.15, 0.2) is 11.5 Å². The van der Waals surface area contributed by atoms with Gasteiger partial charge in [0, 0.05) is 22.5 Å². The Labute approximate surface area is 256 Å². The first-order valence-electron chi connectivity index (χ1n) is 12.8. The van der Waals surface area contributed by atoms with Crippen LogP contribution < -0.4 is 23.8 Å². The third kappa shape index (κ3) is 7.58. The smallest absolute Gasteiger partial charge is 0.264 e. The summed E-state index contributed by atoms with van der Waals surface area (Å²) in [4.78, 5) is 13.1. The van der Waals surface area contributed by atoms with Gasteiger partial charge in [0.2, 0.25) is 5.91 Å². The first-order chi connectivity index (χ1) is 20.3. The van der Waals surface area contributed by atoms with Crippen molar-refractivity contribution in [2.24, 2.45) is 0 Å².